The summed E-state index contributed by atoms with van der Waals surface area (Å²) in [6, 6.07) is 14.3. The van der Waals surface area contributed by atoms with Gasteiger partial charge in [-0.2, -0.15) is 4.98 Å². The highest BCUT2D eigenvalue weighted by Crippen LogP contribution is 2.41. The summed E-state index contributed by atoms with van der Waals surface area (Å²) in [5, 5.41) is 12.8. The summed E-state index contributed by atoms with van der Waals surface area (Å²) in [6.07, 6.45) is 0. The van der Waals surface area contributed by atoms with Gasteiger partial charge in [0.2, 0.25) is 5.95 Å². The van der Waals surface area contributed by atoms with Crippen molar-refractivity contribution in [3.8, 4) is 22.2 Å². The molecule has 2 aromatic heterocycles. The Kier molecular flexibility index (Phi) is 5.96. The number of rotatable bonds is 6. The second-order valence-electron chi connectivity index (χ2n) is 7.82. The van der Waals surface area contributed by atoms with E-state index in [0.29, 0.717) is 45.8 Å². The van der Waals surface area contributed by atoms with E-state index in [0.717, 1.165) is 4.88 Å². The lowest BCUT2D eigenvalue weighted by Crippen LogP contribution is -2.31. The normalized spacial score (nSPS) is 14.8. The van der Waals surface area contributed by atoms with Crippen molar-refractivity contribution in [1.29, 1.82) is 0 Å². The Morgan fingerprint density at radius 2 is 1.94 bits per heavy atom. The lowest BCUT2D eigenvalue weighted by Gasteiger charge is -2.29. The fraction of sp³-hybridized carbons (Fsp3) is 0.160. The molecule has 4 aromatic rings. The molecule has 0 spiro atoms. The lowest BCUT2D eigenvalue weighted by atomic mass is 9.94. The topological polar surface area (TPSA) is 90.3 Å². The molecule has 1 amide bonds. The molecule has 0 radical (unpaired) electrons. The van der Waals surface area contributed by atoms with Crippen LogP contribution < -0.4 is 20.1 Å². The van der Waals surface area contributed by atoms with Crippen molar-refractivity contribution in [3.63, 3.8) is 0 Å². The van der Waals surface area contributed by atoms with Gasteiger partial charge in [0.15, 0.2) is 5.82 Å². The predicted molar refractivity (Wildman–Crippen MR) is 132 cm³/mol. The maximum Gasteiger partial charge on any atom is 0.255 e. The monoisotopic (exact) mass is 491 g/mol. The van der Waals surface area contributed by atoms with Gasteiger partial charge in [-0.25, -0.2) is 9.07 Å². The van der Waals surface area contributed by atoms with Crippen LogP contribution in [0.4, 0.5) is 16.0 Å². The van der Waals surface area contributed by atoms with Gasteiger partial charge in [-0.05, 0) is 54.8 Å². The number of ether oxygens (including phenoxy) is 2. The van der Waals surface area contributed by atoms with E-state index < -0.39 is 6.04 Å². The van der Waals surface area contributed by atoms with Crippen LogP contribution in [0.2, 0.25) is 0 Å². The van der Waals surface area contributed by atoms with Gasteiger partial charge in [0, 0.05) is 23.0 Å². The van der Waals surface area contributed by atoms with Gasteiger partial charge in [0.1, 0.15) is 23.4 Å². The molecule has 0 saturated carbocycles. The number of aromatic nitrogens is 3. The van der Waals surface area contributed by atoms with E-state index in [1.807, 2.05) is 36.6 Å². The van der Waals surface area contributed by atoms with Gasteiger partial charge in [-0.3, -0.25) is 4.79 Å². The van der Waals surface area contributed by atoms with Gasteiger partial charge in [-0.1, -0.05) is 6.07 Å². The largest absolute Gasteiger partial charge is 0.497 e. The maximum absolute atomic E-state index is 13.6. The number of hydrogen-bond donors (Lipinski definition) is 2. The smallest absolute Gasteiger partial charge is 0.255 e. The average Bonchev–Trinajstić information content (AvgIpc) is 3.54. The number of methoxy groups -OCH3 is 2. The van der Waals surface area contributed by atoms with Gasteiger partial charge < -0.3 is 20.1 Å². The number of allylic oxidation sites excluding steroid dienone is 1. The molecule has 178 valence electrons. The van der Waals surface area contributed by atoms with Crippen molar-refractivity contribution >= 4 is 28.9 Å². The highest BCUT2D eigenvalue weighted by molar-refractivity contribution is 7.13. The lowest BCUT2D eigenvalue weighted by molar-refractivity contribution is -0.113. The molecule has 0 bridgehead atoms. The van der Waals surface area contributed by atoms with Crippen molar-refractivity contribution < 1.29 is 18.7 Å². The molecule has 35 heavy (non-hydrogen) atoms. The quantitative estimate of drug-likeness (QED) is 0.391. The number of benzene rings is 2. The number of amides is 1. The predicted octanol–water partition coefficient (Wildman–Crippen LogP) is 5.09. The first-order chi connectivity index (χ1) is 17.0. The molecule has 1 aliphatic rings. The van der Waals surface area contributed by atoms with E-state index in [-0.39, 0.29) is 11.7 Å². The highest BCUT2D eigenvalue weighted by Gasteiger charge is 2.36. The summed E-state index contributed by atoms with van der Waals surface area (Å²) in [7, 11) is 3.14. The number of anilines is 2. The Balaban J connectivity index is 1.63. The first-order valence-corrected chi connectivity index (χ1v) is 11.6. The molecule has 0 fully saturated rings. The number of fused-ring (bicyclic) bond motifs is 1. The number of halogens is 1. The molecule has 10 heteroatoms. The fourth-order valence-electron chi connectivity index (χ4n) is 4.02. The van der Waals surface area contributed by atoms with Crippen LogP contribution in [0.15, 0.2) is 71.2 Å². The number of hydrogen-bond acceptors (Lipinski definition) is 7. The molecule has 2 aromatic carbocycles. The van der Waals surface area contributed by atoms with Crippen LogP contribution in [0, 0.1) is 5.82 Å². The molecule has 0 saturated heterocycles. The third-order valence-corrected chi connectivity index (χ3v) is 6.54. The second-order valence-corrected chi connectivity index (χ2v) is 8.76. The number of nitrogens with zero attached hydrogens (tertiary/aromatic N) is 3. The first-order valence-electron chi connectivity index (χ1n) is 10.8. The molecule has 3 heterocycles. The highest BCUT2D eigenvalue weighted by atomic mass is 32.1. The molecule has 2 N–H and O–H groups in total. The number of thiophene rings is 1. The zero-order valence-corrected chi connectivity index (χ0v) is 20.0. The van der Waals surface area contributed by atoms with Crippen LogP contribution in [-0.4, -0.2) is 34.9 Å². The Labute approximate surface area is 205 Å². The molecule has 1 aliphatic heterocycles. The van der Waals surface area contributed by atoms with E-state index in [4.69, 9.17) is 14.6 Å². The Morgan fingerprint density at radius 3 is 2.63 bits per heavy atom. The Bertz CT molecular complexity index is 1410. The summed E-state index contributed by atoms with van der Waals surface area (Å²) in [4.78, 5) is 19.2. The molecular weight excluding hydrogens is 469 g/mol. The molecule has 0 unspecified atom stereocenters. The summed E-state index contributed by atoms with van der Waals surface area (Å²) in [5.41, 5.74) is 2.22. The van der Waals surface area contributed by atoms with Crippen molar-refractivity contribution in [3.05, 3.63) is 82.6 Å². The van der Waals surface area contributed by atoms with E-state index in [1.54, 1.807) is 25.0 Å². The summed E-state index contributed by atoms with van der Waals surface area (Å²) in [5.74, 6) is 1.47. The van der Waals surface area contributed by atoms with Gasteiger partial charge in [0.25, 0.3) is 5.91 Å². The maximum atomic E-state index is 13.6. The number of nitrogens with one attached hydrogen (secondary N) is 2. The fourth-order valence-corrected chi connectivity index (χ4v) is 4.67. The molecule has 1 atom stereocenters. The molecule has 0 aliphatic carbocycles. The average molecular weight is 492 g/mol. The summed E-state index contributed by atoms with van der Waals surface area (Å²) in [6.45, 7) is 1.81. The van der Waals surface area contributed by atoms with Gasteiger partial charge >= 0.3 is 0 Å². The van der Waals surface area contributed by atoms with Gasteiger partial charge in [0.05, 0.1) is 24.7 Å². The van der Waals surface area contributed by atoms with E-state index >= 15 is 0 Å². The van der Waals surface area contributed by atoms with Crippen molar-refractivity contribution in [2.24, 2.45) is 0 Å². The minimum absolute atomic E-state index is 0.358. The van der Waals surface area contributed by atoms with Crippen LogP contribution in [0.5, 0.6) is 11.5 Å². The Hall–Kier alpha value is -4.18. The van der Waals surface area contributed by atoms with Crippen LogP contribution in [0.3, 0.4) is 0 Å². The summed E-state index contributed by atoms with van der Waals surface area (Å²) < 4.78 is 26.1. The third kappa shape index (κ3) is 4.24. The van der Waals surface area contributed by atoms with Crippen LogP contribution >= 0.6 is 11.3 Å². The molecule has 5 rings (SSSR count). The first kappa shape index (κ1) is 22.6. The van der Waals surface area contributed by atoms with Crippen molar-refractivity contribution in [2.75, 3.05) is 24.9 Å². The van der Waals surface area contributed by atoms with Crippen LogP contribution in [0.1, 0.15) is 18.5 Å². The number of carbonyl (C=O) groups is 1. The Morgan fingerprint density at radius 1 is 1.14 bits per heavy atom. The standard InChI is InChI=1S/C25H22FN5O3S/c1-14-21(24(32)28-16-8-6-15(26)7-9-16)22(18-11-10-17(33-2)13-19(18)34-3)31-25(27-14)29-23(30-31)20-5-4-12-35-20/h4-13,22H,1-3H3,(H,28,32)(H,27,29,30)/t22-/m1/s1. The van der Waals surface area contributed by atoms with Crippen LogP contribution in [0.25, 0.3) is 10.7 Å². The number of carbonyl (C=O) groups excluding carboxylic acids is 1. The third-order valence-electron chi connectivity index (χ3n) is 5.68. The SMILES string of the molecule is COc1ccc([C@@H]2C(C(=O)Nc3ccc(F)cc3)=C(C)Nc3nc(-c4cccs4)nn32)c(OC)c1. The van der Waals surface area contributed by atoms with Crippen molar-refractivity contribution in [1.82, 2.24) is 14.8 Å². The second kappa shape index (κ2) is 9.22. The minimum Gasteiger partial charge on any atom is -0.497 e. The molecule has 8 nitrogen and oxygen atoms in total. The van der Waals surface area contributed by atoms with E-state index in [2.05, 4.69) is 15.6 Å². The van der Waals surface area contributed by atoms with Crippen molar-refractivity contribution in [2.45, 2.75) is 13.0 Å². The van der Waals surface area contributed by atoms with E-state index in [9.17, 15) is 9.18 Å². The summed E-state index contributed by atoms with van der Waals surface area (Å²) >= 11 is 1.53. The zero-order valence-electron chi connectivity index (χ0n) is 19.2. The molecular formula is C25H22FN5O3S. The van der Waals surface area contributed by atoms with Gasteiger partial charge in [-0.15, -0.1) is 16.4 Å². The van der Waals surface area contributed by atoms with E-state index in [1.165, 1.54) is 35.6 Å². The zero-order chi connectivity index (χ0) is 24.5. The van der Waals surface area contributed by atoms with Crippen LogP contribution in [-0.2, 0) is 4.79 Å². The minimum atomic E-state index is -0.645.